The third-order valence-electron chi connectivity index (χ3n) is 2.88. The lowest BCUT2D eigenvalue weighted by atomic mass is 10.2. The Morgan fingerprint density at radius 1 is 1.50 bits per heavy atom. The second-order valence-corrected chi connectivity index (χ2v) is 4.04. The van der Waals surface area contributed by atoms with E-state index in [9.17, 15) is 0 Å². The summed E-state index contributed by atoms with van der Waals surface area (Å²) in [4.78, 5) is 6.32. The third kappa shape index (κ3) is 2.20. The Morgan fingerprint density at radius 2 is 2.28 bits per heavy atom. The summed E-state index contributed by atoms with van der Waals surface area (Å²) in [5.41, 5.74) is 7.18. The monoisotopic (exact) mass is 243 g/mol. The van der Waals surface area contributed by atoms with E-state index >= 15 is 0 Å². The summed E-state index contributed by atoms with van der Waals surface area (Å²) in [6, 6.07) is 7.58. The first-order valence-corrected chi connectivity index (χ1v) is 5.82. The van der Waals surface area contributed by atoms with Crippen LogP contribution in [0.3, 0.4) is 0 Å². The van der Waals surface area contributed by atoms with Crippen LogP contribution in [0.2, 0.25) is 0 Å². The zero-order valence-corrected chi connectivity index (χ0v) is 10.6. The minimum atomic E-state index is 0.0732. The Bertz CT molecular complexity index is 558. The van der Waals surface area contributed by atoms with E-state index in [-0.39, 0.29) is 5.84 Å². The van der Waals surface area contributed by atoms with Crippen LogP contribution in [0.25, 0.3) is 0 Å². The van der Waals surface area contributed by atoms with Crippen LogP contribution in [0, 0.1) is 5.41 Å². The van der Waals surface area contributed by atoms with Crippen molar-refractivity contribution in [1.82, 2.24) is 9.55 Å². The molecule has 0 atom stereocenters. The van der Waals surface area contributed by atoms with Crippen LogP contribution in [0.1, 0.15) is 12.5 Å². The maximum atomic E-state index is 7.46. The molecule has 1 heterocycles. The molecule has 0 fully saturated rings. The quantitative estimate of drug-likeness (QED) is 0.637. The molecule has 5 nitrogen and oxygen atoms in total. The van der Waals surface area contributed by atoms with Gasteiger partial charge in [0.25, 0.3) is 0 Å². The number of imidazole rings is 1. The van der Waals surface area contributed by atoms with Gasteiger partial charge in [0.1, 0.15) is 5.84 Å². The number of hydrogen-bond acceptors (Lipinski definition) is 3. The number of nitrogens with two attached hydrogens (primary N) is 1. The molecule has 0 spiro atoms. The summed E-state index contributed by atoms with van der Waals surface area (Å²) >= 11 is 0. The van der Waals surface area contributed by atoms with Crippen molar-refractivity contribution in [2.45, 2.75) is 13.5 Å². The van der Waals surface area contributed by atoms with E-state index in [2.05, 4.69) is 16.5 Å². The van der Waals surface area contributed by atoms with Crippen molar-refractivity contribution in [2.75, 3.05) is 11.9 Å². The minimum absolute atomic E-state index is 0.0732. The van der Waals surface area contributed by atoms with Gasteiger partial charge in [0.05, 0.1) is 0 Å². The zero-order valence-electron chi connectivity index (χ0n) is 10.6. The standard InChI is InChI=1S/C13H17N5/c1-3-18-8-7-16-13(18)17(2)11-6-4-5-10(9-11)12(14)15/h4-9H,3H2,1-2H3,(H3,14,15). The van der Waals surface area contributed by atoms with Gasteiger partial charge in [0.2, 0.25) is 5.95 Å². The molecule has 0 saturated carbocycles. The lowest BCUT2D eigenvalue weighted by Gasteiger charge is -2.19. The van der Waals surface area contributed by atoms with Crippen LogP contribution >= 0.6 is 0 Å². The van der Waals surface area contributed by atoms with E-state index in [1.807, 2.05) is 42.4 Å². The van der Waals surface area contributed by atoms with Crippen molar-refractivity contribution < 1.29 is 0 Å². The molecule has 2 aromatic rings. The molecule has 1 aromatic heterocycles. The maximum absolute atomic E-state index is 7.46. The highest BCUT2D eigenvalue weighted by Gasteiger charge is 2.10. The number of nitrogens with zero attached hydrogens (tertiary/aromatic N) is 3. The van der Waals surface area contributed by atoms with Crippen molar-refractivity contribution in [3.63, 3.8) is 0 Å². The zero-order chi connectivity index (χ0) is 13.1. The van der Waals surface area contributed by atoms with Crippen LogP contribution in [0.15, 0.2) is 36.7 Å². The maximum Gasteiger partial charge on any atom is 0.209 e. The number of nitrogens with one attached hydrogen (secondary N) is 1. The van der Waals surface area contributed by atoms with Crippen LogP contribution in [-0.2, 0) is 6.54 Å². The number of aromatic nitrogens is 2. The third-order valence-corrected chi connectivity index (χ3v) is 2.88. The normalized spacial score (nSPS) is 10.3. The molecule has 18 heavy (non-hydrogen) atoms. The van der Waals surface area contributed by atoms with Crippen molar-refractivity contribution in [3.8, 4) is 0 Å². The Labute approximate surface area is 106 Å². The van der Waals surface area contributed by atoms with Gasteiger partial charge in [-0.15, -0.1) is 0 Å². The fourth-order valence-electron chi connectivity index (χ4n) is 1.84. The van der Waals surface area contributed by atoms with Crippen molar-refractivity contribution in [3.05, 3.63) is 42.2 Å². The molecule has 0 amide bonds. The summed E-state index contributed by atoms with van der Waals surface area (Å²) in [5.74, 6) is 0.947. The van der Waals surface area contributed by atoms with E-state index in [4.69, 9.17) is 11.1 Å². The molecule has 2 rings (SSSR count). The second-order valence-electron chi connectivity index (χ2n) is 4.04. The van der Waals surface area contributed by atoms with Crippen molar-refractivity contribution in [1.29, 1.82) is 5.41 Å². The van der Waals surface area contributed by atoms with Crippen LogP contribution in [0.4, 0.5) is 11.6 Å². The Balaban J connectivity index is 2.37. The molecule has 0 aliphatic rings. The summed E-state index contributed by atoms with van der Waals surface area (Å²) in [5, 5.41) is 7.46. The lowest BCUT2D eigenvalue weighted by Crippen LogP contribution is -2.17. The smallest absolute Gasteiger partial charge is 0.209 e. The first kappa shape index (κ1) is 12.2. The number of anilines is 2. The summed E-state index contributed by atoms with van der Waals surface area (Å²) in [6.07, 6.45) is 3.73. The Hall–Kier alpha value is -2.30. The SMILES string of the molecule is CCn1ccnc1N(C)c1cccc(C(=N)N)c1. The predicted octanol–water partition coefficient (Wildman–Crippen LogP) is 1.95. The number of aryl methyl sites for hydroxylation is 1. The van der Waals surface area contributed by atoms with Gasteiger partial charge in [-0.1, -0.05) is 12.1 Å². The number of amidine groups is 1. The fourth-order valence-corrected chi connectivity index (χ4v) is 1.84. The van der Waals surface area contributed by atoms with E-state index in [0.29, 0.717) is 5.56 Å². The first-order chi connectivity index (χ1) is 8.63. The molecule has 94 valence electrons. The highest BCUT2D eigenvalue weighted by atomic mass is 15.3. The first-order valence-electron chi connectivity index (χ1n) is 5.82. The molecule has 0 radical (unpaired) electrons. The van der Waals surface area contributed by atoms with Gasteiger partial charge in [-0.3, -0.25) is 5.41 Å². The Morgan fingerprint density at radius 3 is 2.94 bits per heavy atom. The number of hydrogen-bond donors (Lipinski definition) is 2. The van der Waals surface area contributed by atoms with E-state index in [1.165, 1.54) is 0 Å². The van der Waals surface area contributed by atoms with Crippen LogP contribution < -0.4 is 10.6 Å². The van der Waals surface area contributed by atoms with Crippen molar-refractivity contribution in [2.24, 2.45) is 5.73 Å². The summed E-state index contributed by atoms with van der Waals surface area (Å²) in [6.45, 7) is 2.94. The summed E-state index contributed by atoms with van der Waals surface area (Å²) < 4.78 is 2.06. The van der Waals surface area contributed by atoms with Gasteiger partial charge in [0, 0.05) is 37.2 Å². The van der Waals surface area contributed by atoms with Gasteiger partial charge in [-0.25, -0.2) is 4.98 Å². The highest BCUT2D eigenvalue weighted by Crippen LogP contribution is 2.22. The highest BCUT2D eigenvalue weighted by molar-refractivity contribution is 5.95. The molecular weight excluding hydrogens is 226 g/mol. The molecule has 0 bridgehead atoms. The molecule has 0 unspecified atom stereocenters. The largest absolute Gasteiger partial charge is 0.384 e. The van der Waals surface area contributed by atoms with Gasteiger partial charge in [-0.2, -0.15) is 0 Å². The van der Waals surface area contributed by atoms with Gasteiger partial charge >= 0.3 is 0 Å². The number of rotatable bonds is 4. The lowest BCUT2D eigenvalue weighted by molar-refractivity contribution is 0.754. The molecular formula is C13H17N5. The summed E-state index contributed by atoms with van der Waals surface area (Å²) in [7, 11) is 1.95. The molecule has 1 aromatic carbocycles. The average molecular weight is 243 g/mol. The molecule has 0 aliphatic carbocycles. The van der Waals surface area contributed by atoms with E-state index in [1.54, 1.807) is 6.20 Å². The molecule has 5 heteroatoms. The van der Waals surface area contributed by atoms with Crippen LogP contribution in [-0.4, -0.2) is 22.4 Å². The van der Waals surface area contributed by atoms with E-state index in [0.717, 1.165) is 18.2 Å². The van der Waals surface area contributed by atoms with Crippen molar-refractivity contribution >= 4 is 17.5 Å². The molecule has 0 aliphatic heterocycles. The Kier molecular flexibility index (Phi) is 3.32. The molecule has 0 saturated heterocycles. The second kappa shape index (κ2) is 4.91. The van der Waals surface area contributed by atoms with Gasteiger partial charge < -0.3 is 15.2 Å². The average Bonchev–Trinajstić information content (AvgIpc) is 2.86. The van der Waals surface area contributed by atoms with E-state index < -0.39 is 0 Å². The number of nitrogen functional groups attached to an aromatic ring is 1. The van der Waals surface area contributed by atoms with Gasteiger partial charge in [-0.05, 0) is 19.1 Å². The fraction of sp³-hybridized carbons (Fsp3) is 0.231. The minimum Gasteiger partial charge on any atom is -0.384 e. The van der Waals surface area contributed by atoms with Crippen LogP contribution in [0.5, 0.6) is 0 Å². The number of benzene rings is 1. The van der Waals surface area contributed by atoms with Gasteiger partial charge in [0.15, 0.2) is 0 Å². The predicted molar refractivity (Wildman–Crippen MR) is 73.4 cm³/mol. The topological polar surface area (TPSA) is 70.9 Å². The molecule has 3 N–H and O–H groups in total.